The highest BCUT2D eigenvalue weighted by Crippen LogP contribution is 2.30. The second-order valence-corrected chi connectivity index (χ2v) is 5.64. The maximum Gasteiger partial charge on any atom is 0.128 e. The van der Waals surface area contributed by atoms with Crippen LogP contribution in [0.25, 0.3) is 0 Å². The largest absolute Gasteiger partial charge is 0.298 e. The van der Waals surface area contributed by atoms with Crippen molar-refractivity contribution >= 4 is 0 Å². The molecule has 0 amide bonds. The number of hydrogen-bond donors (Lipinski definition) is 0. The Morgan fingerprint density at radius 3 is 2.42 bits per heavy atom. The van der Waals surface area contributed by atoms with Gasteiger partial charge >= 0.3 is 0 Å². The molecule has 104 valence electrons. The minimum Gasteiger partial charge on any atom is -0.298 e. The summed E-state index contributed by atoms with van der Waals surface area (Å²) in [4.78, 5) is 4.77. The van der Waals surface area contributed by atoms with E-state index in [1.54, 1.807) is 0 Å². The van der Waals surface area contributed by atoms with Crippen LogP contribution in [-0.4, -0.2) is 42.0 Å². The normalized spacial score (nSPS) is 23.5. The van der Waals surface area contributed by atoms with Crippen molar-refractivity contribution in [1.82, 2.24) is 9.80 Å². The molecule has 1 heterocycles. The SMILES string of the molecule is CC(c1cc(F)ccc1F)N1CCN(C2CC2)CC1. The lowest BCUT2D eigenvalue weighted by molar-refractivity contribution is 0.0960. The van der Waals surface area contributed by atoms with Crippen molar-refractivity contribution in [2.75, 3.05) is 26.2 Å². The van der Waals surface area contributed by atoms with E-state index >= 15 is 0 Å². The molecular weight excluding hydrogens is 246 g/mol. The summed E-state index contributed by atoms with van der Waals surface area (Å²) in [7, 11) is 0. The summed E-state index contributed by atoms with van der Waals surface area (Å²) in [5, 5.41) is 0. The molecule has 1 aliphatic heterocycles. The highest BCUT2D eigenvalue weighted by molar-refractivity contribution is 5.22. The van der Waals surface area contributed by atoms with E-state index in [0.717, 1.165) is 32.2 Å². The summed E-state index contributed by atoms with van der Waals surface area (Å²) >= 11 is 0. The summed E-state index contributed by atoms with van der Waals surface area (Å²) < 4.78 is 27.0. The zero-order valence-electron chi connectivity index (χ0n) is 11.3. The van der Waals surface area contributed by atoms with Gasteiger partial charge in [-0.15, -0.1) is 0 Å². The molecule has 1 aromatic rings. The van der Waals surface area contributed by atoms with Gasteiger partial charge in [0.15, 0.2) is 0 Å². The van der Waals surface area contributed by atoms with Gasteiger partial charge in [0, 0.05) is 43.8 Å². The summed E-state index contributed by atoms with van der Waals surface area (Å²) in [5.41, 5.74) is 0.472. The van der Waals surface area contributed by atoms with Crippen molar-refractivity contribution in [3.63, 3.8) is 0 Å². The van der Waals surface area contributed by atoms with Crippen LogP contribution < -0.4 is 0 Å². The van der Waals surface area contributed by atoms with Gasteiger partial charge in [-0.25, -0.2) is 8.78 Å². The fourth-order valence-electron chi connectivity index (χ4n) is 2.96. The Bertz CT molecular complexity index is 451. The Balaban J connectivity index is 1.66. The van der Waals surface area contributed by atoms with Crippen LogP contribution in [-0.2, 0) is 0 Å². The predicted octanol–water partition coefficient (Wildman–Crippen LogP) is 2.81. The molecule has 19 heavy (non-hydrogen) atoms. The average Bonchev–Trinajstić information content (AvgIpc) is 3.25. The van der Waals surface area contributed by atoms with Crippen LogP contribution in [0.5, 0.6) is 0 Å². The smallest absolute Gasteiger partial charge is 0.128 e. The van der Waals surface area contributed by atoms with Gasteiger partial charge in [-0.05, 0) is 38.0 Å². The Labute approximate surface area is 113 Å². The van der Waals surface area contributed by atoms with Gasteiger partial charge in [-0.1, -0.05) is 0 Å². The van der Waals surface area contributed by atoms with Crippen LogP contribution in [0.15, 0.2) is 18.2 Å². The molecule has 3 rings (SSSR count). The Morgan fingerprint density at radius 1 is 1.11 bits per heavy atom. The molecule has 1 atom stereocenters. The molecule has 0 N–H and O–H groups in total. The van der Waals surface area contributed by atoms with Gasteiger partial charge in [-0.3, -0.25) is 9.80 Å². The van der Waals surface area contributed by atoms with Gasteiger partial charge in [0.25, 0.3) is 0 Å². The van der Waals surface area contributed by atoms with E-state index in [2.05, 4.69) is 9.80 Å². The molecule has 0 aromatic heterocycles. The van der Waals surface area contributed by atoms with Gasteiger partial charge < -0.3 is 0 Å². The van der Waals surface area contributed by atoms with E-state index in [0.29, 0.717) is 5.56 Å². The third kappa shape index (κ3) is 2.79. The number of benzene rings is 1. The van der Waals surface area contributed by atoms with E-state index in [-0.39, 0.29) is 17.7 Å². The molecule has 1 aromatic carbocycles. The average molecular weight is 266 g/mol. The zero-order chi connectivity index (χ0) is 13.4. The van der Waals surface area contributed by atoms with Crippen molar-refractivity contribution in [3.8, 4) is 0 Å². The molecule has 4 heteroatoms. The minimum atomic E-state index is -0.361. The second-order valence-electron chi connectivity index (χ2n) is 5.64. The topological polar surface area (TPSA) is 6.48 Å². The van der Waals surface area contributed by atoms with Gasteiger partial charge in [0.1, 0.15) is 11.6 Å². The lowest BCUT2D eigenvalue weighted by atomic mass is 10.1. The van der Waals surface area contributed by atoms with E-state index in [1.807, 2.05) is 6.92 Å². The lowest BCUT2D eigenvalue weighted by Gasteiger charge is -2.38. The van der Waals surface area contributed by atoms with E-state index < -0.39 is 0 Å². The number of halogens is 2. The second kappa shape index (κ2) is 5.17. The first-order valence-corrected chi connectivity index (χ1v) is 7.08. The van der Waals surface area contributed by atoms with E-state index in [9.17, 15) is 8.78 Å². The summed E-state index contributed by atoms with van der Waals surface area (Å²) in [6.07, 6.45) is 2.65. The fraction of sp³-hybridized carbons (Fsp3) is 0.600. The molecule has 1 aliphatic carbocycles. The van der Waals surface area contributed by atoms with E-state index in [1.165, 1.54) is 31.0 Å². The monoisotopic (exact) mass is 266 g/mol. The standard InChI is InChI=1S/C15H20F2N2/c1-11(14-10-12(16)2-5-15(14)17)18-6-8-19(9-7-18)13-3-4-13/h2,5,10-11,13H,3-4,6-9H2,1H3. The molecule has 0 bridgehead atoms. The van der Waals surface area contributed by atoms with Crippen molar-refractivity contribution in [2.24, 2.45) is 0 Å². The number of piperazine rings is 1. The van der Waals surface area contributed by atoms with Crippen LogP contribution in [0, 0.1) is 11.6 Å². The molecule has 2 nitrogen and oxygen atoms in total. The van der Waals surface area contributed by atoms with Gasteiger partial charge in [0.2, 0.25) is 0 Å². The van der Waals surface area contributed by atoms with Gasteiger partial charge in [-0.2, -0.15) is 0 Å². The quantitative estimate of drug-likeness (QED) is 0.830. The fourth-order valence-corrected chi connectivity index (χ4v) is 2.96. The first kappa shape index (κ1) is 13.0. The lowest BCUT2D eigenvalue weighted by Crippen LogP contribution is -2.47. The first-order valence-electron chi connectivity index (χ1n) is 7.08. The Hall–Kier alpha value is -1.00. The van der Waals surface area contributed by atoms with Crippen LogP contribution >= 0.6 is 0 Å². The van der Waals surface area contributed by atoms with Crippen molar-refractivity contribution in [1.29, 1.82) is 0 Å². The highest BCUT2D eigenvalue weighted by Gasteiger charge is 2.32. The molecular formula is C15H20F2N2. The van der Waals surface area contributed by atoms with Crippen LogP contribution in [0.1, 0.15) is 31.4 Å². The van der Waals surface area contributed by atoms with Crippen LogP contribution in [0.2, 0.25) is 0 Å². The summed E-state index contributed by atoms with van der Waals surface area (Å²) in [6.45, 7) is 5.93. The molecule has 2 aliphatic rings. The molecule has 0 spiro atoms. The molecule has 1 saturated heterocycles. The molecule has 1 unspecified atom stereocenters. The number of nitrogens with zero attached hydrogens (tertiary/aromatic N) is 2. The van der Waals surface area contributed by atoms with Crippen molar-refractivity contribution in [3.05, 3.63) is 35.4 Å². The van der Waals surface area contributed by atoms with Crippen molar-refractivity contribution in [2.45, 2.75) is 31.8 Å². The molecule has 2 fully saturated rings. The minimum absolute atomic E-state index is 0.0583. The van der Waals surface area contributed by atoms with E-state index in [4.69, 9.17) is 0 Å². The zero-order valence-corrected chi connectivity index (χ0v) is 11.3. The third-order valence-electron chi connectivity index (χ3n) is 4.37. The molecule has 0 radical (unpaired) electrons. The first-order chi connectivity index (χ1) is 9.15. The number of hydrogen-bond acceptors (Lipinski definition) is 2. The summed E-state index contributed by atoms with van der Waals surface area (Å²) in [5.74, 6) is -0.668. The summed E-state index contributed by atoms with van der Waals surface area (Å²) in [6, 6.07) is 4.46. The van der Waals surface area contributed by atoms with Crippen LogP contribution in [0.4, 0.5) is 8.78 Å². The Morgan fingerprint density at radius 2 is 1.79 bits per heavy atom. The predicted molar refractivity (Wildman–Crippen MR) is 70.9 cm³/mol. The van der Waals surface area contributed by atoms with Crippen LogP contribution in [0.3, 0.4) is 0 Å². The maximum absolute atomic E-state index is 13.8. The third-order valence-corrected chi connectivity index (χ3v) is 4.37. The maximum atomic E-state index is 13.8. The van der Waals surface area contributed by atoms with Gasteiger partial charge in [0.05, 0.1) is 0 Å². The highest BCUT2D eigenvalue weighted by atomic mass is 19.1. The number of rotatable bonds is 3. The molecule has 1 saturated carbocycles. The Kier molecular flexibility index (Phi) is 3.54. The van der Waals surface area contributed by atoms with Crippen molar-refractivity contribution < 1.29 is 8.78 Å².